The lowest BCUT2D eigenvalue weighted by molar-refractivity contribution is -0.117. The number of fused-ring (bicyclic) bond motifs is 1. The average molecular weight is 588 g/mol. The number of benzene rings is 1. The molecule has 12 heteroatoms. The third-order valence-electron chi connectivity index (χ3n) is 6.34. The van der Waals surface area contributed by atoms with Gasteiger partial charge in [0.25, 0.3) is 0 Å². The number of hydrogen-bond donors (Lipinski definition) is 2. The maximum absolute atomic E-state index is 13.2. The molecule has 2 aliphatic heterocycles. The molecule has 0 bridgehead atoms. The van der Waals surface area contributed by atoms with E-state index in [1.807, 2.05) is 24.3 Å². The van der Waals surface area contributed by atoms with E-state index in [-0.39, 0.29) is 25.0 Å². The lowest BCUT2D eigenvalue weighted by Crippen LogP contribution is -2.37. The van der Waals surface area contributed by atoms with E-state index in [1.54, 1.807) is 18.7 Å². The van der Waals surface area contributed by atoms with Gasteiger partial charge in [0, 0.05) is 23.1 Å². The molecule has 0 saturated carbocycles. The quantitative estimate of drug-likeness (QED) is 0.396. The second-order valence-corrected chi connectivity index (χ2v) is 10.9. The summed E-state index contributed by atoms with van der Waals surface area (Å²) in [6.45, 7) is 5.44. The number of anilines is 4. The zero-order valence-corrected chi connectivity index (χ0v) is 22.9. The molecule has 0 unspecified atom stereocenters. The van der Waals surface area contributed by atoms with Crippen molar-refractivity contribution in [3.63, 3.8) is 0 Å². The molecule has 0 spiro atoms. The maximum atomic E-state index is 13.2. The van der Waals surface area contributed by atoms with Crippen molar-refractivity contribution in [2.75, 3.05) is 34.8 Å². The van der Waals surface area contributed by atoms with E-state index < -0.39 is 5.97 Å². The van der Waals surface area contributed by atoms with Crippen molar-refractivity contribution in [3.8, 4) is 0 Å². The van der Waals surface area contributed by atoms with Crippen molar-refractivity contribution in [2.24, 2.45) is 0 Å². The summed E-state index contributed by atoms with van der Waals surface area (Å²) in [5.41, 5.74) is 2.32. The van der Waals surface area contributed by atoms with E-state index in [0.717, 1.165) is 15.6 Å². The minimum atomic E-state index is -0.417. The van der Waals surface area contributed by atoms with Gasteiger partial charge in [-0.3, -0.25) is 15.0 Å². The second kappa shape index (κ2) is 10.7. The van der Waals surface area contributed by atoms with E-state index >= 15 is 0 Å². The number of carbonyl (C=O) groups is 2. The third kappa shape index (κ3) is 5.46. The fourth-order valence-corrected chi connectivity index (χ4v) is 5.59. The summed E-state index contributed by atoms with van der Waals surface area (Å²) in [7, 11) is 0. The summed E-state index contributed by atoms with van der Waals surface area (Å²) in [5.74, 6) is 1.08. The molecule has 1 saturated heterocycles. The Labute approximate surface area is 226 Å². The number of thiazole rings is 1. The van der Waals surface area contributed by atoms with Crippen LogP contribution in [0.1, 0.15) is 46.3 Å². The molecule has 3 aromatic rings. The van der Waals surface area contributed by atoms with Crippen molar-refractivity contribution in [2.45, 2.75) is 45.8 Å². The highest BCUT2D eigenvalue weighted by molar-refractivity contribution is 9.10. The van der Waals surface area contributed by atoms with Gasteiger partial charge in [-0.15, -0.1) is 0 Å². The smallest absolute Gasteiger partial charge is 0.350 e. The number of amides is 1. The fraction of sp³-hybridized carbons (Fsp3) is 0.400. The Balaban J connectivity index is 1.50. The van der Waals surface area contributed by atoms with Gasteiger partial charge in [0.1, 0.15) is 16.5 Å². The first-order valence-corrected chi connectivity index (χ1v) is 13.7. The lowest BCUT2D eigenvalue weighted by atomic mass is 10.1. The molecule has 37 heavy (non-hydrogen) atoms. The van der Waals surface area contributed by atoms with Crippen LogP contribution in [0.4, 0.5) is 22.7 Å². The summed E-state index contributed by atoms with van der Waals surface area (Å²) in [6.07, 6.45) is 1.14. The highest BCUT2D eigenvalue weighted by atomic mass is 79.9. The van der Waals surface area contributed by atoms with Gasteiger partial charge in [-0.05, 0) is 44.4 Å². The number of ether oxygens (including phenoxy) is 1. The highest BCUT2D eigenvalue weighted by Gasteiger charge is 2.35. The number of aliphatic hydroxyl groups excluding tert-OH is 1. The molecule has 1 fully saturated rings. The van der Waals surface area contributed by atoms with Crippen molar-refractivity contribution in [1.29, 1.82) is 0 Å². The van der Waals surface area contributed by atoms with Crippen LogP contribution in [0.2, 0.25) is 0 Å². The second-order valence-electron chi connectivity index (χ2n) is 8.95. The van der Waals surface area contributed by atoms with Gasteiger partial charge >= 0.3 is 5.97 Å². The zero-order chi connectivity index (χ0) is 26.1. The Kier molecular flexibility index (Phi) is 7.40. The lowest BCUT2D eigenvalue weighted by Gasteiger charge is -2.31. The summed E-state index contributed by atoms with van der Waals surface area (Å²) >= 11 is 4.63. The Bertz CT molecular complexity index is 1320. The van der Waals surface area contributed by atoms with Crippen LogP contribution in [-0.2, 0) is 22.5 Å². The number of aliphatic hydroxyl groups is 1. The summed E-state index contributed by atoms with van der Waals surface area (Å²) in [4.78, 5) is 43.6. The highest BCUT2D eigenvalue weighted by Crippen LogP contribution is 2.37. The van der Waals surface area contributed by atoms with Crippen LogP contribution in [-0.4, -0.2) is 57.7 Å². The molecule has 0 radical (unpaired) electrons. The fourth-order valence-electron chi connectivity index (χ4n) is 4.47. The topological polar surface area (TPSA) is 121 Å². The van der Waals surface area contributed by atoms with Gasteiger partial charge in [0.2, 0.25) is 11.9 Å². The standard InChI is InChI=1S/C25H27BrN6O4S/c1-3-36-23(35)20-14(2)27-25(37-20)30-24-28-21(31-10-8-17(33)9-11-31)18-12-19(34)32(22(18)29-24)13-15-4-6-16(26)7-5-15/h4-7,17,33H,3,8-13H2,1-2H3,(H,27,28,29,30). The van der Waals surface area contributed by atoms with Crippen molar-refractivity contribution in [1.82, 2.24) is 15.0 Å². The van der Waals surface area contributed by atoms with Crippen LogP contribution in [0.5, 0.6) is 0 Å². The Morgan fingerprint density at radius 1 is 1.19 bits per heavy atom. The van der Waals surface area contributed by atoms with E-state index in [2.05, 4.69) is 31.1 Å². The Morgan fingerprint density at radius 3 is 2.59 bits per heavy atom. The number of hydrogen-bond acceptors (Lipinski definition) is 10. The zero-order valence-electron chi connectivity index (χ0n) is 20.5. The van der Waals surface area contributed by atoms with Gasteiger partial charge in [0.05, 0.1) is 31.4 Å². The number of halogens is 1. The van der Waals surface area contributed by atoms with Gasteiger partial charge < -0.3 is 14.7 Å². The largest absolute Gasteiger partial charge is 0.462 e. The molecule has 1 aromatic carbocycles. The van der Waals surface area contributed by atoms with Crippen LogP contribution in [0.15, 0.2) is 28.7 Å². The number of esters is 1. The van der Waals surface area contributed by atoms with Crippen molar-refractivity contribution < 1.29 is 19.4 Å². The summed E-state index contributed by atoms with van der Waals surface area (Å²) in [6, 6.07) is 7.83. The van der Waals surface area contributed by atoms with Gasteiger partial charge in [-0.25, -0.2) is 9.78 Å². The monoisotopic (exact) mass is 586 g/mol. The van der Waals surface area contributed by atoms with Crippen molar-refractivity contribution in [3.05, 3.63) is 50.4 Å². The molecule has 4 heterocycles. The van der Waals surface area contributed by atoms with Crippen LogP contribution >= 0.6 is 27.3 Å². The van der Waals surface area contributed by atoms with E-state index in [4.69, 9.17) is 14.7 Å². The van der Waals surface area contributed by atoms with Crippen LogP contribution in [0, 0.1) is 6.92 Å². The molecule has 0 atom stereocenters. The number of aromatic nitrogens is 3. The minimum Gasteiger partial charge on any atom is -0.462 e. The summed E-state index contributed by atoms with van der Waals surface area (Å²) in [5, 5.41) is 13.6. The molecule has 194 valence electrons. The number of nitrogens with one attached hydrogen (secondary N) is 1. The van der Waals surface area contributed by atoms with Crippen LogP contribution in [0.3, 0.4) is 0 Å². The molecule has 0 aliphatic carbocycles. The molecule has 2 N–H and O–H groups in total. The summed E-state index contributed by atoms with van der Waals surface area (Å²) < 4.78 is 6.09. The first-order chi connectivity index (χ1) is 17.8. The molecule has 2 aromatic heterocycles. The number of rotatable bonds is 7. The van der Waals surface area contributed by atoms with Gasteiger partial charge in [0.15, 0.2) is 5.13 Å². The average Bonchev–Trinajstić information content (AvgIpc) is 3.39. The molecule has 1 amide bonds. The molecule has 2 aliphatic rings. The van der Waals surface area contributed by atoms with Crippen LogP contribution < -0.4 is 15.1 Å². The van der Waals surface area contributed by atoms with Gasteiger partial charge in [-0.1, -0.05) is 39.4 Å². The number of piperidine rings is 1. The normalized spacial score (nSPS) is 15.7. The number of carbonyl (C=O) groups excluding carboxylic acids is 2. The van der Waals surface area contributed by atoms with Gasteiger partial charge in [-0.2, -0.15) is 9.97 Å². The van der Waals surface area contributed by atoms with Crippen LogP contribution in [0.25, 0.3) is 0 Å². The molecular formula is C25H27BrN6O4S. The minimum absolute atomic E-state index is 0.0441. The first kappa shape index (κ1) is 25.6. The SMILES string of the molecule is CCOC(=O)c1sc(Nc2nc(N3CCC(O)CC3)c3c(n2)N(Cc2ccc(Br)cc2)C(=O)C3)nc1C. The molecule has 10 nitrogen and oxygen atoms in total. The van der Waals surface area contributed by atoms with E-state index in [0.29, 0.717) is 65.8 Å². The van der Waals surface area contributed by atoms with Crippen molar-refractivity contribution >= 4 is 61.9 Å². The number of nitrogens with zero attached hydrogens (tertiary/aromatic N) is 5. The molecule has 5 rings (SSSR count). The predicted molar refractivity (Wildman–Crippen MR) is 145 cm³/mol. The predicted octanol–water partition coefficient (Wildman–Crippen LogP) is 3.97. The van der Waals surface area contributed by atoms with E-state index in [1.165, 1.54) is 11.3 Å². The molecular weight excluding hydrogens is 560 g/mol. The Hall–Kier alpha value is -3.09. The maximum Gasteiger partial charge on any atom is 0.350 e. The third-order valence-corrected chi connectivity index (χ3v) is 7.92. The number of aryl methyl sites for hydroxylation is 1. The Morgan fingerprint density at radius 2 is 1.89 bits per heavy atom. The first-order valence-electron chi connectivity index (χ1n) is 12.1. The van der Waals surface area contributed by atoms with E-state index in [9.17, 15) is 14.7 Å².